The third kappa shape index (κ3) is 1.93. The number of aromatic nitrogens is 1. The van der Waals surface area contributed by atoms with E-state index in [1.165, 1.54) is 10.6 Å². The topological polar surface area (TPSA) is 67.0 Å². The molecule has 1 atom stereocenters. The summed E-state index contributed by atoms with van der Waals surface area (Å²) in [4.78, 5) is 5.24. The lowest BCUT2D eigenvalue weighted by Gasteiger charge is -2.09. The summed E-state index contributed by atoms with van der Waals surface area (Å²) >= 11 is 0. The monoisotopic (exact) mass is 258 g/mol. The number of nitrogens with zero attached hydrogens (tertiary/aromatic N) is 2. The minimum atomic E-state index is -0.337. The zero-order valence-corrected chi connectivity index (χ0v) is 10.4. The molecule has 5 heteroatoms. The summed E-state index contributed by atoms with van der Waals surface area (Å²) in [6.07, 6.45) is 0.280. The zero-order chi connectivity index (χ0) is 13.4. The smallest absolute Gasteiger partial charge is 0.205 e. The lowest BCUT2D eigenvalue weighted by atomic mass is 10.1. The van der Waals surface area contributed by atoms with E-state index in [2.05, 4.69) is 5.16 Å². The van der Waals surface area contributed by atoms with Crippen molar-refractivity contribution in [2.45, 2.75) is 19.4 Å². The molecule has 98 valence electrons. The van der Waals surface area contributed by atoms with E-state index in [9.17, 15) is 10.2 Å². The van der Waals surface area contributed by atoms with Crippen molar-refractivity contribution < 1.29 is 15.1 Å². The number of hydrogen-bond acceptors (Lipinski definition) is 4. The van der Waals surface area contributed by atoms with Crippen LogP contribution < -0.4 is 0 Å². The summed E-state index contributed by atoms with van der Waals surface area (Å²) in [5.74, 6) is -0.0366. The zero-order valence-electron chi connectivity index (χ0n) is 10.4. The Morgan fingerprint density at radius 1 is 1.26 bits per heavy atom. The van der Waals surface area contributed by atoms with Gasteiger partial charge in [0.15, 0.2) is 12.0 Å². The molecule has 0 radical (unpaired) electrons. The first-order valence-electron chi connectivity index (χ1n) is 6.05. The molecule has 1 aromatic carbocycles. The maximum atomic E-state index is 10.3. The van der Waals surface area contributed by atoms with Gasteiger partial charge in [-0.25, -0.2) is 0 Å². The van der Waals surface area contributed by atoms with Crippen molar-refractivity contribution in [1.29, 1.82) is 0 Å². The van der Waals surface area contributed by atoms with E-state index in [1.54, 1.807) is 12.1 Å². The van der Waals surface area contributed by atoms with Crippen molar-refractivity contribution in [3.8, 4) is 17.4 Å². The van der Waals surface area contributed by atoms with E-state index in [4.69, 9.17) is 4.84 Å². The van der Waals surface area contributed by atoms with Crippen molar-refractivity contribution in [2.24, 2.45) is 5.16 Å². The molecule has 0 saturated heterocycles. The van der Waals surface area contributed by atoms with E-state index in [1.807, 2.05) is 25.1 Å². The molecule has 1 aromatic heterocycles. The Morgan fingerprint density at radius 2 is 2.00 bits per heavy atom. The van der Waals surface area contributed by atoms with Crippen molar-refractivity contribution in [3.05, 3.63) is 42.0 Å². The third-order valence-electron chi connectivity index (χ3n) is 3.16. The highest BCUT2D eigenvalue weighted by atomic mass is 16.6. The Bertz CT molecular complexity index is 632. The molecule has 2 aromatic rings. The first-order chi connectivity index (χ1) is 9.16. The van der Waals surface area contributed by atoms with Crippen molar-refractivity contribution in [2.75, 3.05) is 0 Å². The van der Waals surface area contributed by atoms with Crippen LogP contribution in [0.2, 0.25) is 0 Å². The summed E-state index contributed by atoms with van der Waals surface area (Å²) < 4.78 is 1.38. The molecular weight excluding hydrogens is 244 g/mol. The van der Waals surface area contributed by atoms with Gasteiger partial charge in [0, 0.05) is 12.5 Å². The van der Waals surface area contributed by atoms with Crippen LogP contribution in [0.25, 0.3) is 5.69 Å². The van der Waals surface area contributed by atoms with Gasteiger partial charge in [0.05, 0.1) is 17.0 Å². The van der Waals surface area contributed by atoms with Gasteiger partial charge in [0.2, 0.25) is 5.88 Å². The van der Waals surface area contributed by atoms with E-state index < -0.39 is 0 Å². The molecule has 2 N–H and O–H groups in total. The van der Waals surface area contributed by atoms with Crippen molar-refractivity contribution in [1.82, 2.24) is 4.57 Å². The molecule has 0 aliphatic carbocycles. The quantitative estimate of drug-likeness (QED) is 0.870. The molecule has 5 nitrogen and oxygen atoms in total. The van der Waals surface area contributed by atoms with Gasteiger partial charge < -0.3 is 15.1 Å². The fourth-order valence-electron chi connectivity index (χ4n) is 2.24. The number of aromatic hydroxyl groups is 2. The predicted molar refractivity (Wildman–Crippen MR) is 70.7 cm³/mol. The number of oxime groups is 1. The Labute approximate surface area is 110 Å². The standard InChI is InChI=1S/C14H14N2O3/c1-9-7-12(19-15-9)11-8-13(17)16(14(11)18)10-5-3-2-4-6-10/h2-6,8,12,17-18H,7H2,1H3. The van der Waals surface area contributed by atoms with Crippen molar-refractivity contribution >= 4 is 5.71 Å². The van der Waals surface area contributed by atoms with Gasteiger partial charge in [-0.05, 0) is 19.1 Å². The number of benzene rings is 1. The second kappa shape index (κ2) is 4.35. The van der Waals surface area contributed by atoms with Crippen LogP contribution in [0.3, 0.4) is 0 Å². The highest BCUT2D eigenvalue weighted by molar-refractivity contribution is 5.83. The van der Waals surface area contributed by atoms with E-state index in [0.717, 1.165) is 5.71 Å². The summed E-state index contributed by atoms with van der Waals surface area (Å²) in [5, 5.41) is 24.1. The Morgan fingerprint density at radius 3 is 2.63 bits per heavy atom. The molecule has 2 heterocycles. The molecule has 0 amide bonds. The summed E-state index contributed by atoms with van der Waals surface area (Å²) in [6, 6.07) is 10.7. The highest BCUT2D eigenvalue weighted by Crippen LogP contribution is 2.39. The SMILES string of the molecule is CC1=NOC(c2cc(O)n(-c3ccccc3)c2O)C1. The van der Waals surface area contributed by atoms with Crippen LogP contribution in [0.1, 0.15) is 25.0 Å². The first-order valence-corrected chi connectivity index (χ1v) is 6.05. The minimum Gasteiger partial charge on any atom is -0.494 e. The summed E-state index contributed by atoms with van der Waals surface area (Å²) in [6.45, 7) is 1.87. The van der Waals surface area contributed by atoms with Gasteiger partial charge in [0.1, 0.15) is 0 Å². The molecule has 1 aliphatic rings. The normalized spacial score (nSPS) is 18.2. The van der Waals surface area contributed by atoms with E-state index >= 15 is 0 Å². The van der Waals surface area contributed by atoms with Gasteiger partial charge in [-0.1, -0.05) is 23.4 Å². The van der Waals surface area contributed by atoms with Crippen molar-refractivity contribution in [3.63, 3.8) is 0 Å². The molecule has 1 unspecified atom stereocenters. The molecule has 3 rings (SSSR count). The molecule has 19 heavy (non-hydrogen) atoms. The average Bonchev–Trinajstić information content (AvgIpc) is 2.95. The molecule has 0 saturated carbocycles. The van der Waals surface area contributed by atoms with Gasteiger partial charge >= 0.3 is 0 Å². The average molecular weight is 258 g/mol. The lowest BCUT2D eigenvalue weighted by Crippen LogP contribution is -1.98. The van der Waals surface area contributed by atoms with Crippen LogP contribution in [0.5, 0.6) is 11.8 Å². The van der Waals surface area contributed by atoms with Gasteiger partial charge in [-0.2, -0.15) is 0 Å². The summed E-state index contributed by atoms with van der Waals surface area (Å²) in [5.41, 5.74) is 2.11. The molecule has 0 bridgehead atoms. The molecule has 0 spiro atoms. The minimum absolute atomic E-state index is 0.0152. The summed E-state index contributed by atoms with van der Waals surface area (Å²) in [7, 11) is 0. The second-order valence-corrected chi connectivity index (χ2v) is 4.58. The van der Waals surface area contributed by atoms with E-state index in [-0.39, 0.29) is 17.9 Å². The number of para-hydroxylation sites is 1. The van der Waals surface area contributed by atoms with Crippen LogP contribution in [-0.4, -0.2) is 20.5 Å². The Hall–Kier alpha value is -2.43. The largest absolute Gasteiger partial charge is 0.494 e. The van der Waals surface area contributed by atoms with Gasteiger partial charge in [-0.3, -0.25) is 4.57 Å². The maximum absolute atomic E-state index is 10.3. The van der Waals surface area contributed by atoms with Crippen LogP contribution in [0.15, 0.2) is 41.6 Å². The lowest BCUT2D eigenvalue weighted by molar-refractivity contribution is 0.0836. The predicted octanol–water partition coefficient (Wildman–Crippen LogP) is 2.73. The van der Waals surface area contributed by atoms with Crippen LogP contribution in [-0.2, 0) is 4.84 Å². The van der Waals surface area contributed by atoms with Crippen LogP contribution in [0, 0.1) is 0 Å². The number of hydrogen-bond donors (Lipinski definition) is 2. The second-order valence-electron chi connectivity index (χ2n) is 4.58. The van der Waals surface area contributed by atoms with Gasteiger partial charge in [0.25, 0.3) is 0 Å². The molecule has 0 fully saturated rings. The molecule has 1 aliphatic heterocycles. The Kier molecular flexibility index (Phi) is 2.67. The van der Waals surface area contributed by atoms with Gasteiger partial charge in [-0.15, -0.1) is 0 Å². The fourth-order valence-corrected chi connectivity index (χ4v) is 2.24. The molecular formula is C14H14N2O3. The maximum Gasteiger partial charge on any atom is 0.205 e. The Balaban J connectivity index is 2.02. The third-order valence-corrected chi connectivity index (χ3v) is 3.16. The number of rotatable bonds is 2. The fraction of sp³-hybridized carbons (Fsp3) is 0.214. The van der Waals surface area contributed by atoms with E-state index in [0.29, 0.717) is 17.7 Å². The highest BCUT2D eigenvalue weighted by Gasteiger charge is 2.27. The van der Waals surface area contributed by atoms with Crippen LogP contribution >= 0.6 is 0 Å². The van der Waals surface area contributed by atoms with Crippen LogP contribution in [0.4, 0.5) is 0 Å². The first kappa shape index (κ1) is 11.6.